The SMILES string of the molecule is Fc1cccc2c1SCCC2NCCc1ccsc1. The summed E-state index contributed by atoms with van der Waals surface area (Å²) in [5.41, 5.74) is 2.50. The molecule has 0 bridgehead atoms. The van der Waals surface area contributed by atoms with Gasteiger partial charge in [-0.2, -0.15) is 11.3 Å². The molecule has 3 rings (SSSR count). The summed E-state index contributed by atoms with van der Waals surface area (Å²) < 4.78 is 13.7. The Labute approximate surface area is 121 Å². The van der Waals surface area contributed by atoms with Crippen LogP contribution in [0, 0.1) is 5.82 Å². The first-order valence-corrected chi connectivity index (χ1v) is 8.43. The van der Waals surface area contributed by atoms with Gasteiger partial charge in [-0.3, -0.25) is 0 Å². The molecular formula is C15H16FNS2. The molecule has 1 N–H and O–H groups in total. The van der Waals surface area contributed by atoms with Crippen LogP contribution in [0.5, 0.6) is 0 Å². The summed E-state index contributed by atoms with van der Waals surface area (Å²) in [5, 5.41) is 7.86. The largest absolute Gasteiger partial charge is 0.310 e. The highest BCUT2D eigenvalue weighted by molar-refractivity contribution is 7.99. The number of benzene rings is 1. The van der Waals surface area contributed by atoms with Crippen LogP contribution in [0.3, 0.4) is 0 Å². The lowest BCUT2D eigenvalue weighted by molar-refractivity contribution is 0.500. The minimum absolute atomic E-state index is 0.0770. The van der Waals surface area contributed by atoms with Gasteiger partial charge in [-0.15, -0.1) is 11.8 Å². The lowest BCUT2D eigenvalue weighted by Gasteiger charge is -2.26. The summed E-state index contributed by atoms with van der Waals surface area (Å²) in [6.07, 6.45) is 2.11. The highest BCUT2D eigenvalue weighted by Crippen LogP contribution is 2.37. The smallest absolute Gasteiger partial charge is 0.137 e. The summed E-state index contributed by atoms with van der Waals surface area (Å²) >= 11 is 3.37. The van der Waals surface area contributed by atoms with E-state index < -0.39 is 0 Å². The Morgan fingerprint density at radius 3 is 3.11 bits per heavy atom. The van der Waals surface area contributed by atoms with Crippen LogP contribution < -0.4 is 5.32 Å². The van der Waals surface area contributed by atoms with E-state index in [1.807, 2.05) is 12.1 Å². The van der Waals surface area contributed by atoms with Crippen LogP contribution in [0.1, 0.15) is 23.6 Å². The molecule has 19 heavy (non-hydrogen) atoms. The second-order valence-electron chi connectivity index (χ2n) is 4.68. The van der Waals surface area contributed by atoms with Gasteiger partial charge in [0, 0.05) is 10.9 Å². The lowest BCUT2D eigenvalue weighted by atomic mass is 10.0. The van der Waals surface area contributed by atoms with E-state index in [-0.39, 0.29) is 5.82 Å². The Balaban J connectivity index is 1.65. The van der Waals surface area contributed by atoms with E-state index >= 15 is 0 Å². The van der Waals surface area contributed by atoms with Crippen LogP contribution in [-0.4, -0.2) is 12.3 Å². The van der Waals surface area contributed by atoms with Gasteiger partial charge in [-0.25, -0.2) is 4.39 Å². The first-order valence-electron chi connectivity index (χ1n) is 6.50. The third-order valence-electron chi connectivity index (χ3n) is 3.41. The Morgan fingerprint density at radius 1 is 1.32 bits per heavy atom. The predicted octanol–water partition coefficient (Wildman–Crippen LogP) is 4.26. The molecule has 4 heteroatoms. The van der Waals surface area contributed by atoms with Crippen molar-refractivity contribution in [2.75, 3.05) is 12.3 Å². The van der Waals surface area contributed by atoms with E-state index in [0.717, 1.165) is 35.6 Å². The van der Waals surface area contributed by atoms with Gasteiger partial charge in [0.1, 0.15) is 5.82 Å². The molecule has 2 aromatic rings. The van der Waals surface area contributed by atoms with Crippen molar-refractivity contribution in [3.63, 3.8) is 0 Å². The molecular weight excluding hydrogens is 277 g/mol. The van der Waals surface area contributed by atoms with E-state index in [1.54, 1.807) is 29.2 Å². The van der Waals surface area contributed by atoms with Gasteiger partial charge in [0.25, 0.3) is 0 Å². The fraction of sp³-hybridized carbons (Fsp3) is 0.333. The highest BCUT2D eigenvalue weighted by Gasteiger charge is 2.22. The number of rotatable bonds is 4. The summed E-state index contributed by atoms with van der Waals surface area (Å²) in [4.78, 5) is 0.835. The normalized spacial score (nSPS) is 18.3. The molecule has 0 fully saturated rings. The predicted molar refractivity (Wildman–Crippen MR) is 80.5 cm³/mol. The van der Waals surface area contributed by atoms with Gasteiger partial charge in [0.2, 0.25) is 0 Å². The van der Waals surface area contributed by atoms with Crippen molar-refractivity contribution in [2.45, 2.75) is 23.8 Å². The highest BCUT2D eigenvalue weighted by atomic mass is 32.2. The Hall–Kier alpha value is -0.840. The molecule has 1 atom stereocenters. The molecule has 0 saturated carbocycles. The zero-order chi connectivity index (χ0) is 13.1. The lowest BCUT2D eigenvalue weighted by Crippen LogP contribution is -2.26. The van der Waals surface area contributed by atoms with Crippen molar-refractivity contribution in [2.24, 2.45) is 0 Å². The fourth-order valence-electron chi connectivity index (χ4n) is 2.42. The molecule has 0 radical (unpaired) electrons. The molecule has 1 aromatic heterocycles. The van der Waals surface area contributed by atoms with Crippen LogP contribution in [0.4, 0.5) is 4.39 Å². The number of fused-ring (bicyclic) bond motifs is 1. The third-order valence-corrected chi connectivity index (χ3v) is 5.30. The molecule has 1 nitrogen and oxygen atoms in total. The number of hydrogen-bond donors (Lipinski definition) is 1. The molecule has 1 aliphatic heterocycles. The summed E-state index contributed by atoms with van der Waals surface area (Å²) in [7, 11) is 0. The average molecular weight is 293 g/mol. The van der Waals surface area contributed by atoms with Crippen LogP contribution in [0.25, 0.3) is 0 Å². The molecule has 0 spiro atoms. The maximum Gasteiger partial charge on any atom is 0.137 e. The third kappa shape index (κ3) is 3.02. The number of thiophene rings is 1. The first kappa shape index (κ1) is 13.2. The number of halogens is 1. The first-order chi connectivity index (χ1) is 9.34. The van der Waals surface area contributed by atoms with Crippen LogP contribution in [-0.2, 0) is 6.42 Å². The van der Waals surface area contributed by atoms with Crippen molar-refractivity contribution in [3.8, 4) is 0 Å². The second kappa shape index (κ2) is 6.07. The Morgan fingerprint density at radius 2 is 2.26 bits per heavy atom. The van der Waals surface area contributed by atoms with Gasteiger partial charge in [0.05, 0.1) is 0 Å². The Bertz CT molecular complexity index is 539. The molecule has 100 valence electrons. The van der Waals surface area contributed by atoms with Crippen LogP contribution in [0.2, 0.25) is 0 Å². The van der Waals surface area contributed by atoms with Gasteiger partial charge in [-0.05, 0) is 59.2 Å². The quantitative estimate of drug-likeness (QED) is 0.904. The summed E-state index contributed by atoms with van der Waals surface area (Å²) in [5.74, 6) is 0.913. The van der Waals surface area contributed by atoms with Crippen molar-refractivity contribution in [1.82, 2.24) is 5.32 Å². The van der Waals surface area contributed by atoms with Gasteiger partial charge in [-0.1, -0.05) is 12.1 Å². The molecule has 0 amide bonds. The zero-order valence-corrected chi connectivity index (χ0v) is 12.2. The minimum atomic E-state index is -0.0770. The van der Waals surface area contributed by atoms with Gasteiger partial charge in [0.15, 0.2) is 0 Å². The van der Waals surface area contributed by atoms with Crippen molar-refractivity contribution in [3.05, 3.63) is 52.0 Å². The van der Waals surface area contributed by atoms with Crippen LogP contribution >= 0.6 is 23.1 Å². The van der Waals surface area contributed by atoms with E-state index in [2.05, 4.69) is 22.1 Å². The fourth-order valence-corrected chi connectivity index (χ4v) is 4.27. The van der Waals surface area contributed by atoms with Gasteiger partial charge < -0.3 is 5.32 Å². The summed E-state index contributed by atoms with van der Waals surface area (Å²) in [6, 6.07) is 7.88. The molecule has 1 aliphatic rings. The Kier molecular flexibility index (Phi) is 4.21. The minimum Gasteiger partial charge on any atom is -0.310 e. The maximum atomic E-state index is 13.7. The zero-order valence-electron chi connectivity index (χ0n) is 10.6. The number of hydrogen-bond acceptors (Lipinski definition) is 3. The van der Waals surface area contributed by atoms with Crippen molar-refractivity contribution < 1.29 is 4.39 Å². The summed E-state index contributed by atoms with van der Waals surface area (Å²) in [6.45, 7) is 0.946. The molecule has 1 unspecified atom stereocenters. The number of nitrogens with one attached hydrogen (secondary N) is 1. The average Bonchev–Trinajstić information content (AvgIpc) is 2.93. The van der Waals surface area contributed by atoms with Gasteiger partial charge >= 0.3 is 0 Å². The second-order valence-corrected chi connectivity index (χ2v) is 6.57. The van der Waals surface area contributed by atoms with E-state index in [1.165, 1.54) is 5.56 Å². The topological polar surface area (TPSA) is 12.0 Å². The van der Waals surface area contributed by atoms with Crippen LogP contribution in [0.15, 0.2) is 39.9 Å². The molecule has 2 heterocycles. The number of thioether (sulfide) groups is 1. The monoisotopic (exact) mass is 293 g/mol. The molecule has 0 saturated heterocycles. The molecule has 1 aromatic carbocycles. The van der Waals surface area contributed by atoms with Crippen molar-refractivity contribution in [1.29, 1.82) is 0 Å². The van der Waals surface area contributed by atoms with E-state index in [9.17, 15) is 4.39 Å². The van der Waals surface area contributed by atoms with E-state index in [4.69, 9.17) is 0 Å². The maximum absolute atomic E-state index is 13.7. The van der Waals surface area contributed by atoms with E-state index in [0.29, 0.717) is 6.04 Å². The standard InChI is InChI=1S/C15H16FNS2/c16-13-3-1-2-12-14(6-9-19-15(12)13)17-7-4-11-5-8-18-10-11/h1-3,5,8,10,14,17H,4,6-7,9H2. The van der Waals surface area contributed by atoms with Crippen molar-refractivity contribution >= 4 is 23.1 Å². The molecule has 0 aliphatic carbocycles.